The number of imide groups is 1. The molecule has 0 unspecified atom stereocenters. The van der Waals surface area contributed by atoms with E-state index in [0.717, 1.165) is 16.5 Å². The van der Waals surface area contributed by atoms with E-state index in [2.05, 4.69) is 11.9 Å². The maximum Gasteiger partial charge on any atom is 0.278 e. The summed E-state index contributed by atoms with van der Waals surface area (Å²) in [5.41, 5.74) is 2.18. The molecule has 1 aliphatic heterocycles. The van der Waals surface area contributed by atoms with Gasteiger partial charge in [0.2, 0.25) is 0 Å². The van der Waals surface area contributed by atoms with Gasteiger partial charge >= 0.3 is 0 Å². The van der Waals surface area contributed by atoms with E-state index in [4.69, 9.17) is 0 Å². The first-order valence-corrected chi connectivity index (χ1v) is 8.72. The van der Waals surface area contributed by atoms with E-state index in [0.29, 0.717) is 16.8 Å². The number of hydrogen-bond acceptors (Lipinski definition) is 3. The SMILES string of the molecule is C=CCN1C(=O)C(Nc2cccc3ccccc23)=C(c2ccccc2)C1=O. The summed E-state index contributed by atoms with van der Waals surface area (Å²) in [6, 6.07) is 23.0. The van der Waals surface area contributed by atoms with Gasteiger partial charge in [-0.1, -0.05) is 72.8 Å². The molecule has 0 saturated carbocycles. The minimum atomic E-state index is -0.341. The van der Waals surface area contributed by atoms with E-state index >= 15 is 0 Å². The third kappa shape index (κ3) is 2.91. The Labute approximate surface area is 157 Å². The fourth-order valence-corrected chi connectivity index (χ4v) is 3.33. The molecule has 0 bridgehead atoms. The van der Waals surface area contributed by atoms with Gasteiger partial charge in [0.15, 0.2) is 0 Å². The Bertz CT molecular complexity index is 1080. The standard InChI is InChI=1S/C23H18N2O2/c1-2-15-25-22(26)20(17-10-4-3-5-11-17)21(23(25)27)24-19-14-8-12-16-9-6-7-13-18(16)19/h2-14,24H,1,15H2. The molecule has 0 radical (unpaired) electrons. The Kier molecular flexibility index (Phi) is 4.30. The second-order valence-electron chi connectivity index (χ2n) is 6.28. The quantitative estimate of drug-likeness (QED) is 0.551. The van der Waals surface area contributed by atoms with Crippen LogP contribution in [0.15, 0.2) is 91.1 Å². The molecule has 1 N–H and O–H groups in total. The monoisotopic (exact) mass is 354 g/mol. The summed E-state index contributed by atoms with van der Waals surface area (Å²) < 4.78 is 0. The zero-order chi connectivity index (χ0) is 18.8. The molecule has 0 saturated heterocycles. The van der Waals surface area contributed by atoms with E-state index in [1.807, 2.05) is 72.8 Å². The highest BCUT2D eigenvalue weighted by molar-refractivity contribution is 6.36. The molecule has 0 spiro atoms. The van der Waals surface area contributed by atoms with Crippen LogP contribution in [0.1, 0.15) is 5.56 Å². The number of rotatable bonds is 5. The number of amides is 2. The molecule has 1 aliphatic rings. The van der Waals surface area contributed by atoms with Gasteiger partial charge in [-0.05, 0) is 17.0 Å². The molecule has 3 aromatic rings. The number of nitrogens with one attached hydrogen (secondary N) is 1. The lowest BCUT2D eigenvalue weighted by molar-refractivity contribution is -0.136. The molecule has 27 heavy (non-hydrogen) atoms. The van der Waals surface area contributed by atoms with E-state index in [-0.39, 0.29) is 18.4 Å². The second kappa shape index (κ2) is 6.92. The predicted octanol–water partition coefficient (Wildman–Crippen LogP) is 4.22. The summed E-state index contributed by atoms with van der Waals surface area (Å²) in [6.45, 7) is 3.83. The van der Waals surface area contributed by atoms with Crippen LogP contribution in [0.2, 0.25) is 0 Å². The van der Waals surface area contributed by atoms with Crippen molar-refractivity contribution >= 4 is 33.8 Å². The summed E-state index contributed by atoms with van der Waals surface area (Å²) >= 11 is 0. The van der Waals surface area contributed by atoms with Crippen LogP contribution >= 0.6 is 0 Å². The van der Waals surface area contributed by atoms with Gasteiger partial charge in [-0.15, -0.1) is 6.58 Å². The van der Waals surface area contributed by atoms with Crippen LogP contribution in [0, 0.1) is 0 Å². The fraction of sp³-hybridized carbons (Fsp3) is 0.0435. The van der Waals surface area contributed by atoms with Gasteiger partial charge in [-0.3, -0.25) is 14.5 Å². The molecule has 4 rings (SSSR count). The molecule has 0 fully saturated rings. The van der Waals surface area contributed by atoms with Crippen LogP contribution in [0.4, 0.5) is 5.69 Å². The Balaban J connectivity index is 1.85. The molecule has 132 valence electrons. The first kappa shape index (κ1) is 16.8. The minimum Gasteiger partial charge on any atom is -0.350 e. The predicted molar refractivity (Wildman–Crippen MR) is 108 cm³/mol. The molecular formula is C23H18N2O2. The normalized spacial score (nSPS) is 14.1. The first-order chi connectivity index (χ1) is 13.2. The average Bonchev–Trinajstić information content (AvgIpc) is 2.93. The Hall–Kier alpha value is -3.66. The number of nitrogens with zero attached hydrogens (tertiary/aromatic N) is 1. The number of carbonyl (C=O) groups excluding carboxylic acids is 2. The van der Waals surface area contributed by atoms with Crippen molar-refractivity contribution < 1.29 is 9.59 Å². The van der Waals surface area contributed by atoms with E-state index < -0.39 is 0 Å². The van der Waals surface area contributed by atoms with Crippen molar-refractivity contribution in [3.05, 3.63) is 96.7 Å². The van der Waals surface area contributed by atoms with Gasteiger partial charge in [0, 0.05) is 17.6 Å². The highest BCUT2D eigenvalue weighted by Gasteiger charge is 2.38. The molecule has 0 aliphatic carbocycles. The molecule has 1 heterocycles. The van der Waals surface area contributed by atoms with Crippen molar-refractivity contribution in [1.82, 2.24) is 4.90 Å². The summed E-state index contributed by atoms with van der Waals surface area (Å²) in [6.07, 6.45) is 1.55. The highest BCUT2D eigenvalue weighted by Crippen LogP contribution is 2.32. The zero-order valence-electron chi connectivity index (χ0n) is 14.7. The largest absolute Gasteiger partial charge is 0.350 e. The number of anilines is 1. The number of hydrogen-bond donors (Lipinski definition) is 1. The third-order valence-electron chi connectivity index (χ3n) is 4.59. The van der Waals surface area contributed by atoms with Crippen molar-refractivity contribution in [3.63, 3.8) is 0 Å². The van der Waals surface area contributed by atoms with Crippen molar-refractivity contribution in [1.29, 1.82) is 0 Å². The first-order valence-electron chi connectivity index (χ1n) is 8.72. The lowest BCUT2D eigenvalue weighted by atomic mass is 10.0. The van der Waals surface area contributed by atoms with Crippen LogP contribution in [0.5, 0.6) is 0 Å². The summed E-state index contributed by atoms with van der Waals surface area (Å²) in [7, 11) is 0. The van der Waals surface area contributed by atoms with Gasteiger partial charge in [-0.25, -0.2) is 0 Å². The maximum atomic E-state index is 13.0. The van der Waals surface area contributed by atoms with Crippen molar-refractivity contribution in [2.45, 2.75) is 0 Å². The second-order valence-corrected chi connectivity index (χ2v) is 6.28. The minimum absolute atomic E-state index is 0.175. The fourth-order valence-electron chi connectivity index (χ4n) is 3.33. The third-order valence-corrected chi connectivity index (χ3v) is 4.59. The molecule has 0 aromatic heterocycles. The molecule has 0 atom stereocenters. The van der Waals surface area contributed by atoms with Crippen molar-refractivity contribution in [2.75, 3.05) is 11.9 Å². The topological polar surface area (TPSA) is 49.4 Å². The van der Waals surface area contributed by atoms with Gasteiger partial charge in [0.1, 0.15) is 5.70 Å². The van der Waals surface area contributed by atoms with Gasteiger partial charge in [0.25, 0.3) is 11.8 Å². The van der Waals surface area contributed by atoms with Gasteiger partial charge in [0.05, 0.1) is 5.57 Å². The number of carbonyl (C=O) groups is 2. The van der Waals surface area contributed by atoms with E-state index in [1.54, 1.807) is 6.08 Å². The lowest BCUT2D eigenvalue weighted by Crippen LogP contribution is -2.32. The molecular weight excluding hydrogens is 336 g/mol. The zero-order valence-corrected chi connectivity index (χ0v) is 14.7. The van der Waals surface area contributed by atoms with Crippen LogP contribution < -0.4 is 5.32 Å². The summed E-state index contributed by atoms with van der Waals surface area (Å²) in [4.78, 5) is 27.1. The van der Waals surface area contributed by atoms with Gasteiger partial charge < -0.3 is 5.32 Å². The summed E-state index contributed by atoms with van der Waals surface area (Å²) in [5, 5.41) is 5.28. The average molecular weight is 354 g/mol. The van der Waals surface area contributed by atoms with Crippen LogP contribution in [0.25, 0.3) is 16.3 Å². The van der Waals surface area contributed by atoms with E-state index in [9.17, 15) is 9.59 Å². The maximum absolute atomic E-state index is 13.0. The molecule has 4 nitrogen and oxygen atoms in total. The van der Waals surface area contributed by atoms with Gasteiger partial charge in [-0.2, -0.15) is 0 Å². The van der Waals surface area contributed by atoms with Crippen LogP contribution in [-0.2, 0) is 9.59 Å². The number of fused-ring (bicyclic) bond motifs is 1. The highest BCUT2D eigenvalue weighted by atomic mass is 16.2. The lowest BCUT2D eigenvalue weighted by Gasteiger charge is -2.13. The molecule has 4 heteroatoms. The smallest absolute Gasteiger partial charge is 0.278 e. The van der Waals surface area contributed by atoms with E-state index in [1.165, 1.54) is 4.90 Å². The Morgan fingerprint density at radius 3 is 2.33 bits per heavy atom. The Morgan fingerprint density at radius 2 is 1.56 bits per heavy atom. The Morgan fingerprint density at radius 1 is 0.852 bits per heavy atom. The molecule has 3 aromatic carbocycles. The number of benzene rings is 3. The molecule has 2 amide bonds. The van der Waals surface area contributed by atoms with Crippen LogP contribution in [0.3, 0.4) is 0 Å². The summed E-state index contributed by atoms with van der Waals surface area (Å²) in [5.74, 6) is -0.652. The van der Waals surface area contributed by atoms with Crippen LogP contribution in [-0.4, -0.2) is 23.3 Å². The van der Waals surface area contributed by atoms with Crippen molar-refractivity contribution in [3.8, 4) is 0 Å². The van der Waals surface area contributed by atoms with Crippen molar-refractivity contribution in [2.24, 2.45) is 0 Å².